The predicted molar refractivity (Wildman–Crippen MR) is 108 cm³/mol. The molecular formula is C22H18N2O6. The van der Waals surface area contributed by atoms with Gasteiger partial charge in [0.2, 0.25) is 6.79 Å². The molecule has 2 aliphatic heterocycles. The zero-order chi connectivity index (χ0) is 20.7. The van der Waals surface area contributed by atoms with Crippen molar-refractivity contribution in [2.24, 2.45) is 0 Å². The number of nitrogens with zero attached hydrogens (tertiary/aromatic N) is 1. The maximum atomic E-state index is 13.2. The molecule has 0 aliphatic carbocycles. The van der Waals surface area contributed by atoms with E-state index in [1.165, 1.54) is 4.57 Å². The van der Waals surface area contributed by atoms with Gasteiger partial charge < -0.3 is 24.3 Å². The highest BCUT2D eigenvalue weighted by molar-refractivity contribution is 6.06. The van der Waals surface area contributed by atoms with Crippen LogP contribution in [0.4, 0.5) is 5.69 Å². The van der Waals surface area contributed by atoms with Crippen LogP contribution in [0.15, 0.2) is 53.5 Å². The Labute approximate surface area is 171 Å². The number of aryl methyl sites for hydroxylation is 1. The fourth-order valence-corrected chi connectivity index (χ4v) is 3.50. The number of benzene rings is 2. The highest BCUT2D eigenvalue weighted by Gasteiger charge is 2.22. The second-order valence-corrected chi connectivity index (χ2v) is 6.87. The van der Waals surface area contributed by atoms with Gasteiger partial charge in [0.1, 0.15) is 18.8 Å². The lowest BCUT2D eigenvalue weighted by Crippen LogP contribution is -2.29. The standard InChI is InChI=1S/C22H18N2O6/c1-13-7-8-24(14-5-6-16-18(11-14)30-12-29-16)22(26)19(13)21(25)23-15-3-2-4-17-20(15)28-10-9-27-17/h2-8,11H,9-10,12H2,1H3,(H,23,25). The van der Waals surface area contributed by atoms with Crippen molar-refractivity contribution < 1.29 is 23.7 Å². The lowest BCUT2D eigenvalue weighted by atomic mass is 10.1. The van der Waals surface area contributed by atoms with E-state index in [1.807, 2.05) is 0 Å². The van der Waals surface area contributed by atoms with Gasteiger partial charge in [-0.1, -0.05) is 6.07 Å². The Morgan fingerprint density at radius 2 is 1.80 bits per heavy atom. The topological polar surface area (TPSA) is 88.0 Å². The quantitative estimate of drug-likeness (QED) is 0.720. The minimum Gasteiger partial charge on any atom is -0.486 e. The summed E-state index contributed by atoms with van der Waals surface area (Å²) in [6.07, 6.45) is 1.63. The van der Waals surface area contributed by atoms with Crippen LogP contribution in [0.25, 0.3) is 5.69 Å². The van der Waals surface area contributed by atoms with Crippen LogP contribution in [-0.2, 0) is 0 Å². The average Bonchev–Trinajstić information content (AvgIpc) is 3.22. The van der Waals surface area contributed by atoms with Gasteiger partial charge in [-0.25, -0.2) is 0 Å². The molecule has 152 valence electrons. The lowest BCUT2D eigenvalue weighted by Gasteiger charge is -2.21. The third kappa shape index (κ3) is 3.02. The number of hydrogen-bond acceptors (Lipinski definition) is 6. The van der Waals surface area contributed by atoms with Gasteiger partial charge in [-0.15, -0.1) is 0 Å². The number of amides is 1. The van der Waals surface area contributed by atoms with Gasteiger partial charge in [-0.2, -0.15) is 0 Å². The van der Waals surface area contributed by atoms with Gasteiger partial charge in [0, 0.05) is 12.3 Å². The Morgan fingerprint density at radius 3 is 2.70 bits per heavy atom. The molecule has 0 spiro atoms. The third-order valence-electron chi connectivity index (χ3n) is 4.98. The van der Waals surface area contributed by atoms with E-state index in [0.717, 1.165) is 0 Å². The Balaban J connectivity index is 1.51. The summed E-state index contributed by atoms with van der Waals surface area (Å²) in [5.74, 6) is 1.67. The van der Waals surface area contributed by atoms with Crippen molar-refractivity contribution in [3.05, 3.63) is 70.1 Å². The van der Waals surface area contributed by atoms with Crippen molar-refractivity contribution in [3.8, 4) is 28.7 Å². The molecule has 0 radical (unpaired) electrons. The van der Waals surface area contributed by atoms with Crippen LogP contribution < -0.4 is 29.8 Å². The fraction of sp³-hybridized carbons (Fsp3) is 0.182. The van der Waals surface area contributed by atoms with Crippen LogP contribution >= 0.6 is 0 Å². The van der Waals surface area contributed by atoms with E-state index < -0.39 is 11.5 Å². The van der Waals surface area contributed by atoms with Crippen LogP contribution in [0.1, 0.15) is 15.9 Å². The highest BCUT2D eigenvalue weighted by atomic mass is 16.7. The number of para-hydroxylation sites is 1. The Hall–Kier alpha value is -3.94. The first-order valence-electron chi connectivity index (χ1n) is 9.44. The SMILES string of the molecule is Cc1ccn(-c2ccc3c(c2)OCO3)c(=O)c1C(=O)Nc1cccc2c1OCCO2. The van der Waals surface area contributed by atoms with Crippen molar-refractivity contribution >= 4 is 11.6 Å². The van der Waals surface area contributed by atoms with Gasteiger partial charge in [0.05, 0.1) is 11.4 Å². The van der Waals surface area contributed by atoms with Crippen LogP contribution in [0.2, 0.25) is 0 Å². The molecule has 0 bridgehead atoms. The fourth-order valence-electron chi connectivity index (χ4n) is 3.50. The number of carbonyl (C=O) groups is 1. The molecular weight excluding hydrogens is 388 g/mol. The van der Waals surface area contributed by atoms with Gasteiger partial charge in [-0.05, 0) is 42.8 Å². The molecule has 0 fully saturated rings. The first kappa shape index (κ1) is 18.1. The molecule has 0 saturated carbocycles. The number of aromatic nitrogens is 1. The maximum absolute atomic E-state index is 13.2. The number of rotatable bonds is 3. The van der Waals surface area contributed by atoms with Crippen LogP contribution in [0, 0.1) is 6.92 Å². The summed E-state index contributed by atoms with van der Waals surface area (Å²) in [6.45, 7) is 2.70. The van der Waals surface area contributed by atoms with Gasteiger partial charge in [0.15, 0.2) is 23.0 Å². The molecule has 2 aliphatic rings. The zero-order valence-electron chi connectivity index (χ0n) is 16.1. The Morgan fingerprint density at radius 1 is 0.967 bits per heavy atom. The molecule has 30 heavy (non-hydrogen) atoms. The molecule has 2 aromatic carbocycles. The lowest BCUT2D eigenvalue weighted by molar-refractivity contribution is 0.102. The second kappa shape index (κ2) is 7.14. The number of hydrogen-bond donors (Lipinski definition) is 1. The molecule has 1 aromatic heterocycles. The van der Waals surface area contributed by atoms with Crippen molar-refractivity contribution in [2.75, 3.05) is 25.3 Å². The Bertz CT molecular complexity index is 1220. The van der Waals surface area contributed by atoms with E-state index in [1.54, 1.807) is 55.6 Å². The summed E-state index contributed by atoms with van der Waals surface area (Å²) in [5, 5.41) is 2.79. The van der Waals surface area contributed by atoms with Crippen LogP contribution in [0.3, 0.4) is 0 Å². The summed E-state index contributed by atoms with van der Waals surface area (Å²) in [5.41, 5.74) is 1.20. The van der Waals surface area contributed by atoms with Gasteiger partial charge in [0.25, 0.3) is 11.5 Å². The van der Waals surface area contributed by atoms with Crippen molar-refractivity contribution in [3.63, 3.8) is 0 Å². The van der Waals surface area contributed by atoms with Crippen LogP contribution in [-0.4, -0.2) is 30.5 Å². The van der Waals surface area contributed by atoms with E-state index in [-0.39, 0.29) is 12.4 Å². The van der Waals surface area contributed by atoms with E-state index in [0.29, 0.717) is 53.2 Å². The third-order valence-corrected chi connectivity index (χ3v) is 4.98. The molecule has 8 heteroatoms. The van der Waals surface area contributed by atoms with Crippen molar-refractivity contribution in [1.29, 1.82) is 0 Å². The number of fused-ring (bicyclic) bond motifs is 2. The molecule has 3 heterocycles. The van der Waals surface area contributed by atoms with Crippen LogP contribution in [0.5, 0.6) is 23.0 Å². The number of nitrogens with one attached hydrogen (secondary N) is 1. The second-order valence-electron chi connectivity index (χ2n) is 6.87. The summed E-state index contributed by atoms with van der Waals surface area (Å²) >= 11 is 0. The monoisotopic (exact) mass is 406 g/mol. The number of ether oxygens (including phenoxy) is 4. The molecule has 8 nitrogen and oxygen atoms in total. The van der Waals surface area contributed by atoms with E-state index >= 15 is 0 Å². The predicted octanol–water partition coefficient (Wildman–Crippen LogP) is 2.90. The normalized spacial score (nSPS) is 13.8. The van der Waals surface area contributed by atoms with E-state index in [4.69, 9.17) is 18.9 Å². The molecule has 1 N–H and O–H groups in total. The molecule has 0 atom stereocenters. The first-order valence-corrected chi connectivity index (χ1v) is 9.44. The average molecular weight is 406 g/mol. The zero-order valence-corrected chi connectivity index (χ0v) is 16.1. The molecule has 1 amide bonds. The summed E-state index contributed by atoms with van der Waals surface area (Å²) in [7, 11) is 0. The summed E-state index contributed by atoms with van der Waals surface area (Å²) in [4.78, 5) is 26.2. The van der Waals surface area contributed by atoms with Gasteiger partial charge in [-0.3, -0.25) is 14.2 Å². The molecule has 3 aromatic rings. The molecule has 5 rings (SSSR count). The number of anilines is 1. The molecule has 0 saturated heterocycles. The largest absolute Gasteiger partial charge is 0.486 e. The summed E-state index contributed by atoms with van der Waals surface area (Å²) in [6, 6.07) is 12.1. The van der Waals surface area contributed by atoms with Gasteiger partial charge >= 0.3 is 0 Å². The number of pyridine rings is 1. The minimum absolute atomic E-state index is 0.0458. The first-order chi connectivity index (χ1) is 14.6. The number of carbonyl (C=O) groups excluding carboxylic acids is 1. The molecule has 0 unspecified atom stereocenters. The van der Waals surface area contributed by atoms with E-state index in [2.05, 4.69) is 5.32 Å². The smallest absolute Gasteiger partial charge is 0.268 e. The van der Waals surface area contributed by atoms with E-state index in [9.17, 15) is 9.59 Å². The maximum Gasteiger partial charge on any atom is 0.268 e. The minimum atomic E-state index is -0.518. The van der Waals surface area contributed by atoms with Crippen molar-refractivity contribution in [1.82, 2.24) is 4.57 Å². The van der Waals surface area contributed by atoms with Crippen molar-refractivity contribution in [2.45, 2.75) is 6.92 Å². The summed E-state index contributed by atoms with van der Waals surface area (Å²) < 4.78 is 23.3. The highest BCUT2D eigenvalue weighted by Crippen LogP contribution is 2.37. The Kier molecular flexibility index (Phi) is 4.31.